The number of ether oxygens (including phenoxy) is 2. The second-order valence-corrected chi connectivity index (χ2v) is 18.8. The van der Waals surface area contributed by atoms with E-state index in [9.17, 15) is 15.0 Å². The number of rotatable bonds is 7. The molecule has 0 spiro atoms. The third-order valence-electron chi connectivity index (χ3n) is 10.6. The number of fused-ring (bicyclic) bond motifs is 2. The van der Waals surface area contributed by atoms with Crippen molar-refractivity contribution in [3.05, 3.63) is 90.1 Å². The lowest BCUT2D eigenvalue weighted by Crippen LogP contribution is -2.35. The molecule has 9 rings (SSSR count). The molecule has 0 saturated carbocycles. The Bertz CT molecular complexity index is 2230. The predicted octanol–water partition coefficient (Wildman–Crippen LogP) is 10.1. The van der Waals surface area contributed by atoms with E-state index in [-0.39, 0.29) is 35.7 Å². The van der Waals surface area contributed by atoms with E-state index in [0.29, 0.717) is 24.1 Å². The van der Waals surface area contributed by atoms with Crippen molar-refractivity contribution in [2.45, 2.75) is 91.5 Å². The molecule has 5 aromatic rings. The summed E-state index contributed by atoms with van der Waals surface area (Å²) >= 11 is 3.76. The summed E-state index contributed by atoms with van der Waals surface area (Å²) < 4.78 is 13.6. The van der Waals surface area contributed by atoms with Crippen LogP contribution < -0.4 is 5.32 Å². The number of aromatic nitrogens is 2. The molecular formula is C45H52ClN5O5S2. The molecule has 1 amide bonds. The first-order chi connectivity index (χ1) is 27.6. The zero-order valence-electron chi connectivity index (χ0n) is 33.2. The fourth-order valence-electron chi connectivity index (χ4n) is 7.70. The minimum Gasteiger partial charge on any atom is -0.508 e. The van der Waals surface area contributed by atoms with Crippen LogP contribution in [-0.4, -0.2) is 86.1 Å². The van der Waals surface area contributed by atoms with Gasteiger partial charge in [-0.15, -0.1) is 35.9 Å². The third-order valence-corrected chi connectivity index (χ3v) is 13.3. The highest BCUT2D eigenvalue weighted by Crippen LogP contribution is 2.40. The van der Waals surface area contributed by atoms with Crippen molar-refractivity contribution in [3.8, 4) is 33.8 Å². The number of aromatic hydroxyl groups is 2. The number of phenols is 2. The van der Waals surface area contributed by atoms with Gasteiger partial charge in [-0.05, 0) is 136 Å². The van der Waals surface area contributed by atoms with E-state index in [4.69, 9.17) is 14.6 Å². The van der Waals surface area contributed by atoms with E-state index in [1.807, 2.05) is 78.8 Å². The Labute approximate surface area is 355 Å². The largest absolute Gasteiger partial charge is 0.508 e. The van der Waals surface area contributed by atoms with Crippen molar-refractivity contribution < 1.29 is 24.5 Å². The Morgan fingerprint density at radius 3 is 2.21 bits per heavy atom. The number of benzene rings is 4. The monoisotopic (exact) mass is 841 g/mol. The van der Waals surface area contributed by atoms with Gasteiger partial charge in [0.25, 0.3) is 0 Å². The van der Waals surface area contributed by atoms with Gasteiger partial charge in [-0.2, -0.15) is 5.10 Å². The first kappa shape index (κ1) is 41.9. The lowest BCUT2D eigenvalue weighted by Gasteiger charge is -2.24. The minimum absolute atomic E-state index is 0. The van der Waals surface area contributed by atoms with Crippen LogP contribution in [0, 0.1) is 0 Å². The van der Waals surface area contributed by atoms with E-state index in [1.165, 1.54) is 28.0 Å². The number of hydrogen-bond acceptors (Lipinski definition) is 10. The molecule has 5 heterocycles. The first-order valence-electron chi connectivity index (χ1n) is 20.0. The molecule has 1 unspecified atom stereocenters. The Morgan fingerprint density at radius 1 is 0.862 bits per heavy atom. The number of nitrogens with zero attached hydrogens (tertiary/aromatic N) is 4. The maximum Gasteiger partial charge on any atom is 0.410 e. The van der Waals surface area contributed by atoms with Gasteiger partial charge in [0.1, 0.15) is 17.1 Å². The molecule has 3 N–H and O–H groups in total. The summed E-state index contributed by atoms with van der Waals surface area (Å²) in [5.41, 5.74) is 7.59. The smallest absolute Gasteiger partial charge is 0.410 e. The van der Waals surface area contributed by atoms with E-state index in [1.54, 1.807) is 36.0 Å². The lowest BCUT2D eigenvalue weighted by atomic mass is 10.0. The van der Waals surface area contributed by atoms with Crippen LogP contribution in [0.5, 0.6) is 11.5 Å². The molecule has 10 nitrogen and oxygen atoms in total. The third kappa shape index (κ3) is 9.97. The van der Waals surface area contributed by atoms with Crippen molar-refractivity contribution in [2.24, 2.45) is 4.99 Å². The molecule has 0 radical (unpaired) electrons. The minimum atomic E-state index is -0.497. The van der Waals surface area contributed by atoms with Crippen LogP contribution in [0.2, 0.25) is 0 Å². The predicted molar refractivity (Wildman–Crippen MR) is 237 cm³/mol. The molecule has 3 saturated heterocycles. The number of carbonyl (C=O) groups excluding carboxylic acids is 1. The maximum atomic E-state index is 12.6. The molecule has 1 aromatic heterocycles. The van der Waals surface area contributed by atoms with Gasteiger partial charge >= 0.3 is 6.09 Å². The summed E-state index contributed by atoms with van der Waals surface area (Å²) in [6.07, 6.45) is 8.97. The molecule has 0 bridgehead atoms. The Balaban J connectivity index is 0.000000191. The van der Waals surface area contributed by atoms with Crippen molar-refractivity contribution >= 4 is 59.1 Å². The number of aliphatic imine (C=N–C) groups is 1. The summed E-state index contributed by atoms with van der Waals surface area (Å²) in [6.45, 7) is 10.8. The van der Waals surface area contributed by atoms with Gasteiger partial charge in [0.05, 0.1) is 18.3 Å². The van der Waals surface area contributed by atoms with E-state index < -0.39 is 5.60 Å². The number of thioether (sulfide) groups is 2. The molecule has 306 valence electrons. The zero-order valence-corrected chi connectivity index (χ0v) is 35.7. The fraction of sp³-hybridized carbons (Fsp3) is 0.400. The van der Waals surface area contributed by atoms with Gasteiger partial charge < -0.3 is 29.9 Å². The fourth-order valence-corrected chi connectivity index (χ4v) is 10.3. The van der Waals surface area contributed by atoms with Gasteiger partial charge in [-0.25, -0.2) is 9.48 Å². The highest BCUT2D eigenvalue weighted by molar-refractivity contribution is 8.00. The van der Waals surface area contributed by atoms with Crippen LogP contribution in [0.3, 0.4) is 0 Å². The van der Waals surface area contributed by atoms with Gasteiger partial charge in [0, 0.05) is 63.7 Å². The maximum absolute atomic E-state index is 12.6. The Kier molecular flexibility index (Phi) is 13.3. The normalized spacial score (nSPS) is 20.1. The molecule has 13 heteroatoms. The number of nitrogens with one attached hydrogen (secondary N) is 1. The van der Waals surface area contributed by atoms with Crippen LogP contribution in [0.15, 0.2) is 93.8 Å². The molecule has 58 heavy (non-hydrogen) atoms. The highest BCUT2D eigenvalue weighted by atomic mass is 35.5. The van der Waals surface area contributed by atoms with Gasteiger partial charge in [0.2, 0.25) is 0 Å². The van der Waals surface area contributed by atoms with Crippen LogP contribution in [0.4, 0.5) is 4.79 Å². The number of likely N-dealkylation sites (tertiary alicyclic amines) is 1. The molecule has 4 aliphatic heterocycles. The summed E-state index contributed by atoms with van der Waals surface area (Å²) in [4.78, 5) is 21.3. The van der Waals surface area contributed by atoms with Crippen LogP contribution in [-0.2, 0) is 16.0 Å². The number of carbonyl (C=O) groups is 1. The molecule has 4 aromatic carbocycles. The van der Waals surface area contributed by atoms with Gasteiger partial charge in [0.15, 0.2) is 6.23 Å². The summed E-state index contributed by atoms with van der Waals surface area (Å²) in [7, 11) is 0. The summed E-state index contributed by atoms with van der Waals surface area (Å²) in [6, 6.07) is 23.6. The summed E-state index contributed by atoms with van der Waals surface area (Å²) in [5, 5.41) is 29.4. The Hall–Kier alpha value is -4.20. The molecule has 4 aliphatic rings. The second kappa shape index (κ2) is 18.4. The zero-order chi connectivity index (χ0) is 39.5. The van der Waals surface area contributed by atoms with E-state index in [0.717, 1.165) is 84.4 Å². The van der Waals surface area contributed by atoms with Crippen molar-refractivity contribution in [2.75, 3.05) is 32.8 Å². The van der Waals surface area contributed by atoms with Crippen molar-refractivity contribution in [1.82, 2.24) is 20.0 Å². The van der Waals surface area contributed by atoms with E-state index >= 15 is 0 Å². The quantitative estimate of drug-likeness (QED) is 0.147. The average molecular weight is 843 g/mol. The molecule has 0 aliphatic carbocycles. The van der Waals surface area contributed by atoms with Crippen LogP contribution >= 0.6 is 35.9 Å². The van der Waals surface area contributed by atoms with E-state index in [2.05, 4.69) is 34.6 Å². The number of amides is 1. The highest BCUT2D eigenvalue weighted by Gasteiger charge is 2.31. The number of phenolic OH excluding ortho intramolecular Hbond substituents is 2. The molecular weight excluding hydrogens is 790 g/mol. The second-order valence-electron chi connectivity index (χ2n) is 16.1. The Morgan fingerprint density at radius 2 is 1.55 bits per heavy atom. The topological polar surface area (TPSA) is 121 Å². The van der Waals surface area contributed by atoms with Crippen molar-refractivity contribution in [3.63, 3.8) is 0 Å². The van der Waals surface area contributed by atoms with Gasteiger partial charge in [-0.1, -0.05) is 24.3 Å². The van der Waals surface area contributed by atoms with Gasteiger partial charge in [-0.3, -0.25) is 4.99 Å². The first-order valence-corrected chi connectivity index (χ1v) is 21.7. The number of halogens is 1. The van der Waals surface area contributed by atoms with Crippen LogP contribution in [0.1, 0.15) is 70.2 Å². The standard InChI is InChI=1S/C27H33N3O4S.C18H18N2OS.ClH/c1-27(2,3)34-26(32)29-12-11-21(17-29)35-24-15-19(18-7-9-20(31)10-8-18)14-23-22(24)16-28-30(23)25-6-4-5-13-33-25;21-15-3-1-12(2-4-15)13-7-14-9-20-11-17(14)18(8-13)22-16-5-6-19-10-16;/h7-10,14-16,21,25,31H,4-6,11-13,17H2,1-3H3;1-4,7-8,11,16,19,21H,5-6,9-10H2;1H/t21-,25?;16-;/m00./s1. The van der Waals surface area contributed by atoms with Crippen molar-refractivity contribution in [1.29, 1.82) is 0 Å². The molecule has 3 fully saturated rings. The SMILES string of the molecule is CC(C)(C)OC(=O)N1CC[C@H](Sc2cc(-c3ccc(O)cc3)cc3c2cnn3C2CCCCO2)C1.Cl.Oc1ccc(-c2cc3c(c(S[C@H]4CCNC4)c2)C=NC3)cc1. The van der Waals surface area contributed by atoms with Crippen LogP contribution in [0.25, 0.3) is 33.2 Å². The summed E-state index contributed by atoms with van der Waals surface area (Å²) in [5.74, 6) is 0.554. The average Bonchev–Trinajstić information content (AvgIpc) is 4.04. The molecule has 3 atom stereocenters. The lowest BCUT2D eigenvalue weighted by molar-refractivity contribution is -0.0366. The number of hydrogen-bond donors (Lipinski definition) is 3.